The number of rotatable bonds is 6. The second kappa shape index (κ2) is 9.76. The average molecular weight is 549 g/mol. The van der Waals surface area contributed by atoms with E-state index in [1.165, 1.54) is 11.3 Å². The molecule has 1 saturated carbocycles. The number of pyridine rings is 3. The molecule has 1 aliphatic rings. The minimum atomic E-state index is 0.0234. The molecule has 0 spiro atoms. The summed E-state index contributed by atoms with van der Waals surface area (Å²) in [7, 11) is 0. The first-order chi connectivity index (χ1) is 19.5. The number of thiophene rings is 1. The summed E-state index contributed by atoms with van der Waals surface area (Å²) >= 11 is 1.40. The van der Waals surface area contributed by atoms with Crippen molar-refractivity contribution >= 4 is 50.8 Å². The van der Waals surface area contributed by atoms with Gasteiger partial charge in [0, 0.05) is 35.6 Å². The fraction of sp³-hybridized carbons (Fsp3) is 0.207. The Morgan fingerprint density at radius 3 is 2.70 bits per heavy atom. The Hall–Kier alpha value is -4.77. The topological polar surface area (TPSA) is 142 Å². The van der Waals surface area contributed by atoms with Crippen LogP contribution in [0.2, 0.25) is 0 Å². The maximum atomic E-state index is 12.6. The zero-order valence-corrected chi connectivity index (χ0v) is 22.4. The van der Waals surface area contributed by atoms with E-state index in [2.05, 4.69) is 35.5 Å². The molecule has 0 atom stereocenters. The number of ketones is 1. The Kier molecular flexibility index (Phi) is 5.93. The van der Waals surface area contributed by atoms with Crippen LogP contribution in [-0.2, 0) is 4.79 Å². The molecule has 10 nitrogen and oxygen atoms in total. The summed E-state index contributed by atoms with van der Waals surface area (Å²) in [6, 6.07) is 9.49. The quantitative estimate of drug-likeness (QED) is 0.216. The molecule has 7 rings (SSSR count). The number of hydrogen-bond acceptors (Lipinski definition) is 8. The van der Waals surface area contributed by atoms with Gasteiger partial charge in [-0.15, -0.1) is 11.3 Å². The normalized spacial score (nSPS) is 13.8. The SMILES string of the molecule is CC(=O)c1ccc(-c2nccc3[nH]c(-c4[nH]nc5ncc(-c6cncc(NC(=O)C7CCCC7)c6)cc45)nc23)s1. The Bertz CT molecular complexity index is 1910. The van der Waals surface area contributed by atoms with Crippen molar-refractivity contribution < 1.29 is 9.59 Å². The van der Waals surface area contributed by atoms with Crippen LogP contribution in [0.1, 0.15) is 42.3 Å². The average Bonchev–Trinajstić information content (AvgIpc) is 3.78. The molecule has 1 amide bonds. The number of fused-ring (bicyclic) bond motifs is 2. The molecule has 0 saturated heterocycles. The van der Waals surface area contributed by atoms with Crippen LogP contribution in [-0.4, -0.2) is 46.8 Å². The van der Waals surface area contributed by atoms with Crippen LogP contribution in [0.3, 0.4) is 0 Å². The fourth-order valence-corrected chi connectivity index (χ4v) is 6.12. The molecule has 6 aromatic rings. The molecule has 0 aliphatic heterocycles. The van der Waals surface area contributed by atoms with Gasteiger partial charge in [-0.2, -0.15) is 5.10 Å². The highest BCUT2D eigenvalue weighted by atomic mass is 32.1. The highest BCUT2D eigenvalue weighted by Crippen LogP contribution is 2.34. The molecule has 3 N–H and O–H groups in total. The Labute approximate surface area is 232 Å². The zero-order chi connectivity index (χ0) is 27.2. The second-order valence-corrected chi connectivity index (χ2v) is 11.1. The highest BCUT2D eigenvalue weighted by molar-refractivity contribution is 7.17. The monoisotopic (exact) mass is 548 g/mol. The summed E-state index contributed by atoms with van der Waals surface area (Å²) in [5, 5.41) is 11.3. The van der Waals surface area contributed by atoms with E-state index in [4.69, 9.17) is 4.98 Å². The molecule has 0 aromatic carbocycles. The zero-order valence-electron chi connectivity index (χ0n) is 21.6. The van der Waals surface area contributed by atoms with Gasteiger partial charge in [0.1, 0.15) is 16.9 Å². The molecule has 0 radical (unpaired) electrons. The Morgan fingerprint density at radius 1 is 1.02 bits per heavy atom. The van der Waals surface area contributed by atoms with E-state index in [1.54, 1.807) is 31.7 Å². The standard InChI is InChI=1S/C29H24N8O2S/c1-15(38)22-6-7-23(40-22)26-25-21(8-9-31-26)34-28(35-25)24-20-11-18(13-32-27(20)37-36-24)17-10-19(14-30-12-17)33-29(39)16-4-2-3-5-16/h6-14,16H,2-5H2,1H3,(H,33,39)(H,34,35)(H,32,36,37). The lowest BCUT2D eigenvalue weighted by atomic mass is 10.1. The third-order valence-electron chi connectivity index (χ3n) is 7.30. The highest BCUT2D eigenvalue weighted by Gasteiger charge is 2.23. The lowest BCUT2D eigenvalue weighted by molar-refractivity contribution is -0.119. The molecule has 6 aromatic heterocycles. The number of hydrogen-bond donors (Lipinski definition) is 3. The van der Waals surface area contributed by atoms with E-state index < -0.39 is 0 Å². The lowest BCUT2D eigenvalue weighted by Crippen LogP contribution is -2.20. The first kappa shape index (κ1) is 24.3. The van der Waals surface area contributed by atoms with Gasteiger partial charge < -0.3 is 10.3 Å². The van der Waals surface area contributed by atoms with Crippen molar-refractivity contribution in [3.63, 3.8) is 0 Å². The van der Waals surface area contributed by atoms with Crippen LogP contribution < -0.4 is 5.32 Å². The maximum absolute atomic E-state index is 12.6. The summed E-state index contributed by atoms with van der Waals surface area (Å²) in [6.45, 7) is 1.56. The maximum Gasteiger partial charge on any atom is 0.227 e. The van der Waals surface area contributed by atoms with Crippen molar-refractivity contribution in [2.24, 2.45) is 5.92 Å². The largest absolute Gasteiger partial charge is 0.337 e. The van der Waals surface area contributed by atoms with Crippen LogP contribution >= 0.6 is 11.3 Å². The first-order valence-electron chi connectivity index (χ1n) is 13.1. The van der Waals surface area contributed by atoms with Gasteiger partial charge in [0.15, 0.2) is 17.3 Å². The number of nitrogens with one attached hydrogen (secondary N) is 3. The van der Waals surface area contributed by atoms with Gasteiger partial charge >= 0.3 is 0 Å². The van der Waals surface area contributed by atoms with Crippen molar-refractivity contribution in [2.75, 3.05) is 5.32 Å². The second-order valence-electron chi connectivity index (χ2n) is 9.99. The fourth-order valence-electron chi connectivity index (χ4n) is 5.22. The number of nitrogens with zero attached hydrogens (tertiary/aromatic N) is 5. The van der Waals surface area contributed by atoms with E-state index >= 15 is 0 Å². The molecule has 1 aliphatic carbocycles. The van der Waals surface area contributed by atoms with Gasteiger partial charge in [0.2, 0.25) is 5.91 Å². The van der Waals surface area contributed by atoms with E-state index in [0.29, 0.717) is 38.9 Å². The number of Topliss-reactive ketones (excluding diaryl/α,β-unsaturated/α-hetero) is 1. The third kappa shape index (κ3) is 4.34. The van der Waals surface area contributed by atoms with Gasteiger partial charge in [-0.25, -0.2) is 9.97 Å². The summed E-state index contributed by atoms with van der Waals surface area (Å²) in [5.41, 5.74) is 5.83. The van der Waals surface area contributed by atoms with Crippen LogP contribution in [0.5, 0.6) is 0 Å². The number of aromatic amines is 2. The van der Waals surface area contributed by atoms with Crippen molar-refractivity contribution in [1.82, 2.24) is 35.1 Å². The Balaban J connectivity index is 1.24. The van der Waals surface area contributed by atoms with Crippen molar-refractivity contribution in [1.29, 1.82) is 0 Å². The molecule has 11 heteroatoms. The molecule has 40 heavy (non-hydrogen) atoms. The van der Waals surface area contributed by atoms with Gasteiger partial charge in [-0.05, 0) is 50.1 Å². The van der Waals surface area contributed by atoms with Gasteiger partial charge in [0.05, 0.1) is 32.5 Å². The number of aromatic nitrogens is 7. The van der Waals surface area contributed by atoms with Crippen LogP contribution in [0.25, 0.3) is 55.3 Å². The van der Waals surface area contributed by atoms with Crippen LogP contribution in [0, 0.1) is 5.92 Å². The van der Waals surface area contributed by atoms with Crippen LogP contribution in [0.4, 0.5) is 5.69 Å². The minimum Gasteiger partial charge on any atom is -0.337 e. The minimum absolute atomic E-state index is 0.0234. The van der Waals surface area contributed by atoms with Gasteiger partial charge in [-0.3, -0.25) is 24.7 Å². The number of carbonyl (C=O) groups is 2. The van der Waals surface area contributed by atoms with Gasteiger partial charge in [0.25, 0.3) is 0 Å². The van der Waals surface area contributed by atoms with Crippen molar-refractivity contribution in [2.45, 2.75) is 32.6 Å². The summed E-state index contributed by atoms with van der Waals surface area (Å²) in [5.74, 6) is 0.756. The summed E-state index contributed by atoms with van der Waals surface area (Å²) in [6.07, 6.45) is 11.0. The van der Waals surface area contributed by atoms with Crippen LogP contribution in [0.15, 0.2) is 55.1 Å². The summed E-state index contributed by atoms with van der Waals surface area (Å²) in [4.78, 5) is 47.7. The number of H-pyrrole nitrogens is 2. The molecule has 198 valence electrons. The number of amides is 1. The predicted molar refractivity (Wildman–Crippen MR) is 154 cm³/mol. The van der Waals surface area contributed by atoms with E-state index in [9.17, 15) is 9.59 Å². The first-order valence-corrected chi connectivity index (χ1v) is 13.9. The number of anilines is 1. The summed E-state index contributed by atoms with van der Waals surface area (Å²) < 4.78 is 0. The van der Waals surface area contributed by atoms with Crippen molar-refractivity contribution in [3.05, 3.63) is 60.0 Å². The smallest absolute Gasteiger partial charge is 0.227 e. The molecule has 0 bridgehead atoms. The van der Waals surface area contributed by atoms with E-state index in [-0.39, 0.29) is 17.6 Å². The third-order valence-corrected chi connectivity index (χ3v) is 8.49. The molecule has 6 heterocycles. The molecule has 1 fully saturated rings. The molecular formula is C29H24N8O2S. The molecule has 0 unspecified atom stereocenters. The van der Waals surface area contributed by atoms with Crippen molar-refractivity contribution in [3.8, 4) is 33.2 Å². The van der Waals surface area contributed by atoms with Gasteiger partial charge in [-0.1, -0.05) is 12.8 Å². The number of carbonyl (C=O) groups excluding carboxylic acids is 2. The molecular weight excluding hydrogens is 524 g/mol. The predicted octanol–water partition coefficient (Wildman–Crippen LogP) is 6.02. The van der Waals surface area contributed by atoms with E-state index in [1.807, 2.05) is 30.3 Å². The lowest BCUT2D eigenvalue weighted by Gasteiger charge is -2.11. The number of imidazole rings is 1. The van der Waals surface area contributed by atoms with E-state index in [0.717, 1.165) is 52.6 Å². The Morgan fingerprint density at radius 2 is 1.88 bits per heavy atom.